The molecule has 0 spiro atoms. The van der Waals surface area contributed by atoms with E-state index in [9.17, 15) is 18.3 Å². The van der Waals surface area contributed by atoms with Crippen LogP contribution in [0.15, 0.2) is 22.7 Å². The van der Waals surface area contributed by atoms with E-state index >= 15 is 0 Å². The maximum absolute atomic E-state index is 12.3. The van der Waals surface area contributed by atoms with E-state index in [0.29, 0.717) is 10.0 Å². The van der Waals surface area contributed by atoms with Gasteiger partial charge < -0.3 is 15.2 Å². The highest BCUT2D eigenvalue weighted by Gasteiger charge is 2.32. The lowest BCUT2D eigenvalue weighted by molar-refractivity contribution is -0.274. The molecule has 2 rings (SSSR count). The molecule has 1 saturated heterocycles. The van der Waals surface area contributed by atoms with Gasteiger partial charge in [0.25, 0.3) is 0 Å². The summed E-state index contributed by atoms with van der Waals surface area (Å²) in [6, 6.07) is 3.93. The molecule has 126 valence electrons. The van der Waals surface area contributed by atoms with Crippen molar-refractivity contribution in [2.45, 2.75) is 12.4 Å². The number of halogens is 5. The van der Waals surface area contributed by atoms with Gasteiger partial charge in [0.15, 0.2) is 0 Å². The quantitative estimate of drug-likeness (QED) is 0.808. The number of aliphatic hydroxyl groups excluding tert-OH is 1. The number of benzene rings is 1. The van der Waals surface area contributed by atoms with Gasteiger partial charge in [0, 0.05) is 30.7 Å². The van der Waals surface area contributed by atoms with E-state index in [-0.39, 0.29) is 30.8 Å². The fraction of sp³-hybridized carbons (Fsp3) is 0.538. The van der Waals surface area contributed by atoms with Crippen molar-refractivity contribution in [3.8, 4) is 5.75 Å². The molecule has 0 aromatic heterocycles. The molecule has 1 aromatic carbocycles. The van der Waals surface area contributed by atoms with Crippen LogP contribution in [0.2, 0.25) is 0 Å². The van der Waals surface area contributed by atoms with Crippen LogP contribution in [0.1, 0.15) is 11.6 Å². The van der Waals surface area contributed by atoms with Crippen LogP contribution >= 0.6 is 28.3 Å². The second-order valence-electron chi connectivity index (χ2n) is 4.75. The summed E-state index contributed by atoms with van der Waals surface area (Å²) in [6.45, 7) is 2.87. The lowest BCUT2D eigenvalue weighted by Crippen LogP contribution is -2.46. The highest BCUT2D eigenvalue weighted by Crippen LogP contribution is 2.31. The van der Waals surface area contributed by atoms with Crippen LogP contribution in [0, 0.1) is 0 Å². The number of ether oxygens (including phenoxy) is 1. The van der Waals surface area contributed by atoms with Crippen LogP contribution in [-0.2, 0) is 0 Å². The van der Waals surface area contributed by atoms with Crippen molar-refractivity contribution in [1.82, 2.24) is 10.2 Å². The van der Waals surface area contributed by atoms with E-state index in [1.807, 2.05) is 4.90 Å². The summed E-state index contributed by atoms with van der Waals surface area (Å²) in [5, 5.41) is 12.8. The molecule has 1 aliphatic heterocycles. The number of piperazine rings is 1. The van der Waals surface area contributed by atoms with E-state index in [0.717, 1.165) is 26.2 Å². The first-order valence-electron chi connectivity index (χ1n) is 6.51. The Hall–Kier alpha value is -0.540. The predicted octanol–water partition coefficient (Wildman–Crippen LogP) is 2.71. The van der Waals surface area contributed by atoms with Crippen LogP contribution < -0.4 is 10.1 Å². The monoisotopic (exact) mass is 404 g/mol. The summed E-state index contributed by atoms with van der Waals surface area (Å²) in [4.78, 5) is 2.04. The van der Waals surface area contributed by atoms with Crippen LogP contribution in [0.3, 0.4) is 0 Å². The molecule has 1 heterocycles. The van der Waals surface area contributed by atoms with E-state index in [1.165, 1.54) is 12.1 Å². The second kappa shape index (κ2) is 8.35. The molecular formula is C13H17BrClF3N2O2. The fourth-order valence-corrected chi connectivity index (χ4v) is 2.88. The zero-order chi connectivity index (χ0) is 15.5. The van der Waals surface area contributed by atoms with E-state index in [2.05, 4.69) is 26.0 Å². The molecule has 0 saturated carbocycles. The van der Waals surface area contributed by atoms with Crippen molar-refractivity contribution in [3.63, 3.8) is 0 Å². The van der Waals surface area contributed by atoms with E-state index in [4.69, 9.17) is 0 Å². The van der Waals surface area contributed by atoms with Crippen molar-refractivity contribution in [2.24, 2.45) is 0 Å². The summed E-state index contributed by atoms with van der Waals surface area (Å²) in [6.07, 6.45) is -4.73. The van der Waals surface area contributed by atoms with E-state index < -0.39 is 6.36 Å². The van der Waals surface area contributed by atoms with Crippen LogP contribution in [-0.4, -0.2) is 49.2 Å². The van der Waals surface area contributed by atoms with Gasteiger partial charge in [0.05, 0.1) is 12.6 Å². The molecule has 0 radical (unpaired) electrons. The zero-order valence-corrected chi connectivity index (χ0v) is 14.0. The third-order valence-corrected chi connectivity index (χ3v) is 3.74. The van der Waals surface area contributed by atoms with Gasteiger partial charge in [0.2, 0.25) is 0 Å². The van der Waals surface area contributed by atoms with Crippen LogP contribution in [0.4, 0.5) is 13.2 Å². The average Bonchev–Trinajstić information content (AvgIpc) is 2.38. The van der Waals surface area contributed by atoms with Gasteiger partial charge in [-0.05, 0) is 23.8 Å². The minimum absolute atomic E-state index is 0. The summed E-state index contributed by atoms with van der Waals surface area (Å²) in [5.74, 6) is -0.291. The molecular weight excluding hydrogens is 389 g/mol. The number of rotatable bonds is 4. The second-order valence-corrected chi connectivity index (χ2v) is 5.67. The highest BCUT2D eigenvalue weighted by molar-refractivity contribution is 9.10. The Bertz CT molecular complexity index is 485. The Balaban J connectivity index is 0.00000242. The molecule has 0 unspecified atom stereocenters. The topological polar surface area (TPSA) is 44.7 Å². The molecule has 9 heteroatoms. The molecule has 1 aliphatic rings. The maximum Gasteiger partial charge on any atom is 0.573 e. The number of aliphatic hydroxyl groups is 1. The Labute approximate surface area is 141 Å². The smallest absolute Gasteiger partial charge is 0.406 e. The summed E-state index contributed by atoms with van der Waals surface area (Å²) < 4.78 is 41.5. The van der Waals surface area contributed by atoms with Crippen molar-refractivity contribution in [2.75, 3.05) is 32.8 Å². The van der Waals surface area contributed by atoms with Gasteiger partial charge in [-0.25, -0.2) is 0 Å². The van der Waals surface area contributed by atoms with Gasteiger partial charge in [-0.2, -0.15) is 0 Å². The van der Waals surface area contributed by atoms with Gasteiger partial charge >= 0.3 is 6.36 Å². The number of hydrogen-bond acceptors (Lipinski definition) is 4. The fourth-order valence-electron chi connectivity index (χ4n) is 2.39. The normalized spacial score (nSPS) is 17.7. The third-order valence-electron chi connectivity index (χ3n) is 3.28. The molecule has 0 aliphatic carbocycles. The number of alkyl halides is 3. The minimum atomic E-state index is -4.73. The molecule has 0 bridgehead atoms. The zero-order valence-electron chi connectivity index (χ0n) is 11.6. The minimum Gasteiger partial charge on any atom is -0.406 e. The molecule has 22 heavy (non-hydrogen) atoms. The average molecular weight is 406 g/mol. The first kappa shape index (κ1) is 19.5. The lowest BCUT2D eigenvalue weighted by atomic mass is 10.0. The van der Waals surface area contributed by atoms with Crippen molar-refractivity contribution >= 4 is 28.3 Å². The Kier molecular flexibility index (Phi) is 7.40. The summed E-state index contributed by atoms with van der Waals surface area (Å²) in [5.41, 5.74) is 0.591. The van der Waals surface area contributed by atoms with E-state index in [1.54, 1.807) is 6.07 Å². The van der Waals surface area contributed by atoms with Gasteiger partial charge in [-0.3, -0.25) is 4.90 Å². The SMILES string of the molecule is Cl.OC[C@@H](c1cc(Br)cc(OC(F)(F)F)c1)N1CCNCC1. The number of hydrogen-bond donors (Lipinski definition) is 2. The molecule has 2 N–H and O–H groups in total. The van der Waals surface area contributed by atoms with Crippen molar-refractivity contribution < 1.29 is 23.0 Å². The number of nitrogens with one attached hydrogen (secondary N) is 1. The standard InChI is InChI=1S/C13H16BrF3N2O2.ClH/c14-10-5-9(6-11(7-10)21-13(15,16)17)12(8-20)19-3-1-18-2-4-19;/h5-7,12,18,20H,1-4,8H2;1H/t12-;/m0./s1. The molecule has 1 atom stereocenters. The largest absolute Gasteiger partial charge is 0.573 e. The van der Waals surface area contributed by atoms with Gasteiger partial charge in [-0.15, -0.1) is 25.6 Å². The molecule has 4 nitrogen and oxygen atoms in total. The number of nitrogens with zero attached hydrogens (tertiary/aromatic N) is 1. The van der Waals surface area contributed by atoms with Gasteiger partial charge in [0.1, 0.15) is 5.75 Å². The van der Waals surface area contributed by atoms with Crippen LogP contribution in [0.5, 0.6) is 5.75 Å². The summed E-state index contributed by atoms with van der Waals surface area (Å²) >= 11 is 3.18. The maximum atomic E-state index is 12.3. The molecule has 1 fully saturated rings. The first-order chi connectivity index (χ1) is 9.89. The molecule has 0 amide bonds. The predicted molar refractivity (Wildman–Crippen MR) is 82.3 cm³/mol. The first-order valence-corrected chi connectivity index (χ1v) is 7.30. The summed E-state index contributed by atoms with van der Waals surface area (Å²) in [7, 11) is 0. The Morgan fingerprint density at radius 2 is 1.91 bits per heavy atom. The third kappa shape index (κ3) is 5.58. The van der Waals surface area contributed by atoms with Crippen molar-refractivity contribution in [3.05, 3.63) is 28.2 Å². The van der Waals surface area contributed by atoms with Crippen molar-refractivity contribution in [1.29, 1.82) is 0 Å². The Morgan fingerprint density at radius 1 is 1.27 bits per heavy atom. The van der Waals surface area contributed by atoms with Crippen LogP contribution in [0.25, 0.3) is 0 Å². The molecule has 1 aromatic rings. The van der Waals surface area contributed by atoms with Gasteiger partial charge in [-0.1, -0.05) is 15.9 Å². The Morgan fingerprint density at radius 3 is 2.45 bits per heavy atom. The lowest BCUT2D eigenvalue weighted by Gasteiger charge is -2.34. The highest BCUT2D eigenvalue weighted by atomic mass is 79.9.